The molecule has 86 valence electrons. The molecule has 7 nitrogen and oxygen atoms in total. The summed E-state index contributed by atoms with van der Waals surface area (Å²) in [5, 5.41) is 22.4. The molecule has 2 heterocycles. The molecule has 2 rings (SSSR count). The molecule has 16 heavy (non-hydrogen) atoms. The molecule has 0 aromatic carbocycles. The van der Waals surface area contributed by atoms with Gasteiger partial charge in [-0.1, -0.05) is 0 Å². The van der Waals surface area contributed by atoms with Gasteiger partial charge in [-0.25, -0.2) is 9.67 Å². The van der Waals surface area contributed by atoms with E-state index in [0.717, 1.165) is 0 Å². The van der Waals surface area contributed by atoms with Crippen molar-refractivity contribution in [1.82, 2.24) is 19.7 Å². The standard InChI is InChI=1S/C8H9BrN4O3/c9-6-5-7(10-3-11-8(5)16)13(12-6)1-4(15)2-14/h3-4,14-15H,1-2H2,(H,10,11,16). The summed E-state index contributed by atoms with van der Waals surface area (Å²) in [7, 11) is 0. The van der Waals surface area contributed by atoms with E-state index in [1.807, 2.05) is 0 Å². The lowest BCUT2D eigenvalue weighted by molar-refractivity contribution is 0.0791. The van der Waals surface area contributed by atoms with Crippen molar-refractivity contribution in [2.24, 2.45) is 0 Å². The number of fused-ring (bicyclic) bond motifs is 1. The predicted octanol–water partition coefficient (Wildman–Crippen LogP) is -0.765. The van der Waals surface area contributed by atoms with Gasteiger partial charge in [-0.3, -0.25) is 4.79 Å². The molecule has 0 aliphatic rings. The number of H-pyrrole nitrogens is 1. The third-order valence-corrected chi connectivity index (χ3v) is 2.64. The van der Waals surface area contributed by atoms with Crippen molar-refractivity contribution < 1.29 is 10.2 Å². The summed E-state index contributed by atoms with van der Waals surface area (Å²) < 4.78 is 1.73. The van der Waals surface area contributed by atoms with Crippen molar-refractivity contribution in [2.75, 3.05) is 6.61 Å². The van der Waals surface area contributed by atoms with E-state index in [1.54, 1.807) is 0 Å². The average molecular weight is 289 g/mol. The first-order chi connectivity index (χ1) is 7.63. The van der Waals surface area contributed by atoms with Gasteiger partial charge < -0.3 is 15.2 Å². The van der Waals surface area contributed by atoms with Crippen LogP contribution in [0.1, 0.15) is 0 Å². The fraction of sp³-hybridized carbons (Fsp3) is 0.375. The second kappa shape index (κ2) is 4.32. The van der Waals surface area contributed by atoms with Crippen LogP contribution in [0.5, 0.6) is 0 Å². The molecule has 0 aliphatic carbocycles. The molecule has 0 fully saturated rings. The average Bonchev–Trinajstić information content (AvgIpc) is 2.57. The van der Waals surface area contributed by atoms with Crippen LogP contribution in [-0.4, -0.2) is 42.7 Å². The summed E-state index contributed by atoms with van der Waals surface area (Å²) in [4.78, 5) is 17.9. The molecule has 8 heteroatoms. The van der Waals surface area contributed by atoms with E-state index in [0.29, 0.717) is 15.6 Å². The minimum atomic E-state index is -0.934. The Hall–Kier alpha value is -1.25. The van der Waals surface area contributed by atoms with Crippen LogP contribution in [0.3, 0.4) is 0 Å². The smallest absolute Gasteiger partial charge is 0.263 e. The zero-order valence-corrected chi connectivity index (χ0v) is 9.68. The first kappa shape index (κ1) is 11.2. The number of hydrogen-bond donors (Lipinski definition) is 3. The van der Waals surface area contributed by atoms with E-state index in [9.17, 15) is 9.90 Å². The second-order valence-electron chi connectivity index (χ2n) is 3.24. The number of aliphatic hydroxyl groups is 2. The number of nitrogens with zero attached hydrogens (tertiary/aromatic N) is 3. The summed E-state index contributed by atoms with van der Waals surface area (Å²) in [6.07, 6.45) is 0.330. The van der Waals surface area contributed by atoms with E-state index in [2.05, 4.69) is 31.0 Å². The molecule has 1 atom stereocenters. The highest BCUT2D eigenvalue weighted by molar-refractivity contribution is 9.10. The molecule has 0 bridgehead atoms. The summed E-state index contributed by atoms with van der Waals surface area (Å²) >= 11 is 3.14. The molecule has 2 aromatic heterocycles. The maximum atomic E-state index is 11.5. The molecule has 0 amide bonds. The maximum Gasteiger partial charge on any atom is 0.263 e. The van der Waals surface area contributed by atoms with E-state index < -0.39 is 6.10 Å². The van der Waals surface area contributed by atoms with Crippen molar-refractivity contribution in [3.8, 4) is 0 Å². The highest BCUT2D eigenvalue weighted by Gasteiger charge is 2.14. The van der Waals surface area contributed by atoms with Gasteiger partial charge in [0.25, 0.3) is 5.56 Å². The lowest BCUT2D eigenvalue weighted by atomic mass is 10.4. The first-order valence-electron chi connectivity index (χ1n) is 4.52. The molecule has 0 saturated carbocycles. The van der Waals surface area contributed by atoms with Crippen LogP contribution >= 0.6 is 15.9 Å². The second-order valence-corrected chi connectivity index (χ2v) is 3.99. The molecule has 0 radical (unpaired) electrons. The van der Waals surface area contributed by atoms with Crippen LogP contribution < -0.4 is 5.56 Å². The lowest BCUT2D eigenvalue weighted by Gasteiger charge is -2.06. The SMILES string of the molecule is O=c1[nH]cnc2c1c(Br)nn2CC(O)CO. The van der Waals surface area contributed by atoms with Crippen molar-refractivity contribution in [2.45, 2.75) is 12.6 Å². The number of aromatic nitrogens is 4. The van der Waals surface area contributed by atoms with E-state index in [1.165, 1.54) is 11.0 Å². The number of aliphatic hydroxyl groups excluding tert-OH is 2. The molecule has 0 spiro atoms. The zero-order valence-electron chi connectivity index (χ0n) is 8.09. The van der Waals surface area contributed by atoms with Gasteiger partial charge in [-0.05, 0) is 15.9 Å². The Morgan fingerprint density at radius 2 is 2.38 bits per heavy atom. The molecule has 0 saturated heterocycles. The van der Waals surface area contributed by atoms with Gasteiger partial charge in [0, 0.05) is 0 Å². The van der Waals surface area contributed by atoms with Crippen LogP contribution in [-0.2, 0) is 6.54 Å². The highest BCUT2D eigenvalue weighted by Crippen LogP contribution is 2.17. The number of halogens is 1. The summed E-state index contributed by atoms with van der Waals surface area (Å²) in [5.41, 5.74) is 0.0599. The van der Waals surface area contributed by atoms with E-state index in [4.69, 9.17) is 5.11 Å². The first-order valence-corrected chi connectivity index (χ1v) is 5.31. The topological polar surface area (TPSA) is 104 Å². The van der Waals surface area contributed by atoms with E-state index >= 15 is 0 Å². The van der Waals surface area contributed by atoms with Crippen molar-refractivity contribution in [1.29, 1.82) is 0 Å². The molecular formula is C8H9BrN4O3. The van der Waals surface area contributed by atoms with E-state index in [-0.39, 0.29) is 18.7 Å². The van der Waals surface area contributed by atoms with Gasteiger partial charge in [-0.2, -0.15) is 5.10 Å². The molecular weight excluding hydrogens is 280 g/mol. The maximum absolute atomic E-state index is 11.5. The molecule has 1 unspecified atom stereocenters. The third kappa shape index (κ3) is 1.86. The van der Waals surface area contributed by atoms with Crippen LogP contribution in [0.15, 0.2) is 15.7 Å². The Balaban J connectivity index is 2.56. The Bertz CT molecular complexity index is 564. The lowest BCUT2D eigenvalue weighted by Crippen LogP contribution is -2.21. The normalized spacial score (nSPS) is 13.2. The van der Waals surface area contributed by atoms with Crippen LogP contribution in [0.25, 0.3) is 11.0 Å². The van der Waals surface area contributed by atoms with Gasteiger partial charge in [-0.15, -0.1) is 0 Å². The van der Waals surface area contributed by atoms with Crippen molar-refractivity contribution in [3.63, 3.8) is 0 Å². The van der Waals surface area contributed by atoms with Gasteiger partial charge in [0.15, 0.2) is 5.65 Å². The quantitative estimate of drug-likeness (QED) is 0.688. The minimum absolute atomic E-state index is 0.0784. The van der Waals surface area contributed by atoms with Crippen molar-refractivity contribution in [3.05, 3.63) is 21.3 Å². The molecule has 3 N–H and O–H groups in total. The van der Waals surface area contributed by atoms with Gasteiger partial charge in [0.05, 0.1) is 25.6 Å². The zero-order chi connectivity index (χ0) is 11.7. The summed E-state index contributed by atoms with van der Waals surface area (Å²) in [5.74, 6) is 0. The molecule has 2 aromatic rings. The van der Waals surface area contributed by atoms with Crippen LogP contribution in [0, 0.1) is 0 Å². The Morgan fingerprint density at radius 3 is 3.06 bits per heavy atom. The summed E-state index contributed by atoms with van der Waals surface area (Å²) in [6, 6.07) is 0. The minimum Gasteiger partial charge on any atom is -0.394 e. The fourth-order valence-electron chi connectivity index (χ4n) is 1.36. The highest BCUT2D eigenvalue weighted by atomic mass is 79.9. The fourth-order valence-corrected chi connectivity index (χ4v) is 1.91. The van der Waals surface area contributed by atoms with Gasteiger partial charge >= 0.3 is 0 Å². The predicted molar refractivity (Wildman–Crippen MR) is 58.9 cm³/mol. The van der Waals surface area contributed by atoms with Gasteiger partial charge in [0.1, 0.15) is 9.99 Å². The number of hydrogen-bond acceptors (Lipinski definition) is 5. The number of aromatic amines is 1. The number of nitrogens with one attached hydrogen (secondary N) is 1. The van der Waals surface area contributed by atoms with Crippen LogP contribution in [0.2, 0.25) is 0 Å². The number of rotatable bonds is 3. The summed E-state index contributed by atoms with van der Waals surface area (Å²) in [6.45, 7) is -0.294. The molecule has 0 aliphatic heterocycles. The monoisotopic (exact) mass is 288 g/mol. The Kier molecular flexibility index (Phi) is 3.03. The third-order valence-electron chi connectivity index (χ3n) is 2.09. The van der Waals surface area contributed by atoms with Crippen molar-refractivity contribution >= 4 is 27.0 Å². The van der Waals surface area contributed by atoms with Gasteiger partial charge in [0.2, 0.25) is 0 Å². The Morgan fingerprint density at radius 1 is 1.62 bits per heavy atom. The Labute approximate surface area is 97.9 Å². The van der Waals surface area contributed by atoms with Crippen LogP contribution in [0.4, 0.5) is 0 Å². The largest absolute Gasteiger partial charge is 0.394 e.